The maximum Gasteiger partial charge on any atom is 0.415 e. The van der Waals surface area contributed by atoms with Crippen molar-refractivity contribution in [3.63, 3.8) is 0 Å². The highest BCUT2D eigenvalue weighted by molar-refractivity contribution is 5.92. The van der Waals surface area contributed by atoms with E-state index in [1.165, 1.54) is 46.6 Å². The first kappa shape index (κ1) is 78.2. The van der Waals surface area contributed by atoms with Gasteiger partial charge in [-0.2, -0.15) is 0 Å². The van der Waals surface area contributed by atoms with E-state index in [9.17, 15) is 59.4 Å². The summed E-state index contributed by atoms with van der Waals surface area (Å²) in [6.45, 7) is 12.0. The largest absolute Gasteiger partial charge is 0.508 e. The van der Waals surface area contributed by atoms with Crippen molar-refractivity contribution in [2.24, 2.45) is 11.8 Å². The van der Waals surface area contributed by atoms with Gasteiger partial charge in [-0.3, -0.25) is 14.4 Å². The number of hydrogen-bond donors (Lipinski definition) is 6. The number of piperidine rings is 2. The lowest BCUT2D eigenvalue weighted by molar-refractivity contribution is -0.364. The Morgan fingerprint density at radius 2 is 1.28 bits per heavy atom. The van der Waals surface area contributed by atoms with Crippen LogP contribution in [0.4, 0.5) is 4.79 Å². The summed E-state index contributed by atoms with van der Waals surface area (Å²) in [6.07, 6.45) is -0.432. The Kier molecular flexibility index (Phi) is 20.7. The van der Waals surface area contributed by atoms with E-state index in [4.69, 9.17) is 66.8 Å². The number of esters is 3. The van der Waals surface area contributed by atoms with Crippen LogP contribution in [0.5, 0.6) is 40.2 Å². The molecule has 12 atom stereocenters. The van der Waals surface area contributed by atoms with Gasteiger partial charge in [0.2, 0.25) is 12.5 Å². The molecule has 0 unspecified atom stereocenters. The molecule has 1 amide bonds. The molecule has 4 aromatic heterocycles. The molecule has 116 heavy (non-hydrogen) atoms. The van der Waals surface area contributed by atoms with Crippen molar-refractivity contribution >= 4 is 45.8 Å². The zero-order valence-corrected chi connectivity index (χ0v) is 65.6. The summed E-state index contributed by atoms with van der Waals surface area (Å²) in [7, 11) is 6.72. The number of aromatic nitrogens is 4. The Labute approximate surface area is 665 Å². The molecule has 5 fully saturated rings. The molecule has 8 aromatic rings. The van der Waals surface area contributed by atoms with Crippen LogP contribution < -0.4 is 34.8 Å². The second-order valence-corrected chi connectivity index (χ2v) is 31.7. The van der Waals surface area contributed by atoms with E-state index in [1.54, 1.807) is 84.5 Å². The van der Waals surface area contributed by atoms with Gasteiger partial charge in [-0.15, -0.1) is 0 Å². The average Bonchev–Trinajstić information content (AvgIpc) is 1.54. The number of nitrogens with zero attached hydrogens (tertiary/aromatic N) is 7. The highest BCUT2D eigenvalue weighted by Crippen LogP contribution is 2.58. The van der Waals surface area contributed by atoms with Crippen LogP contribution in [-0.2, 0) is 98.0 Å². The van der Waals surface area contributed by atoms with Gasteiger partial charge in [0.15, 0.2) is 46.8 Å². The Balaban J connectivity index is 0.000000127. The molecule has 6 N–H and O–H groups in total. The number of aliphatic hydroxyl groups excluding tert-OH is 2. The van der Waals surface area contributed by atoms with Crippen LogP contribution in [0.2, 0.25) is 0 Å². The molecule has 0 spiro atoms. The van der Waals surface area contributed by atoms with Crippen LogP contribution in [0.1, 0.15) is 146 Å². The summed E-state index contributed by atoms with van der Waals surface area (Å²) < 4.78 is 71.0. The quantitative estimate of drug-likeness (QED) is 0.0517. The number of likely N-dealkylation sites (tertiary alicyclic amines) is 2. The summed E-state index contributed by atoms with van der Waals surface area (Å²) in [4.78, 5) is 94.2. The lowest BCUT2D eigenvalue weighted by Gasteiger charge is -2.47. The first-order valence-corrected chi connectivity index (χ1v) is 39.6. The molecule has 1 aliphatic carbocycles. The molecule has 0 bridgehead atoms. The van der Waals surface area contributed by atoms with E-state index in [-0.39, 0.29) is 86.3 Å². The van der Waals surface area contributed by atoms with Crippen molar-refractivity contribution in [2.45, 2.75) is 178 Å². The highest BCUT2D eigenvalue weighted by Gasteiger charge is 2.57. The van der Waals surface area contributed by atoms with Gasteiger partial charge in [-0.1, -0.05) is 27.2 Å². The predicted molar refractivity (Wildman–Crippen MR) is 412 cm³/mol. The minimum absolute atomic E-state index is 0.0301. The Morgan fingerprint density at radius 1 is 0.664 bits per heavy atom. The van der Waals surface area contributed by atoms with E-state index >= 15 is 0 Å². The first-order valence-electron chi connectivity index (χ1n) is 39.6. The normalized spacial score (nSPS) is 26.6. The summed E-state index contributed by atoms with van der Waals surface area (Å²) >= 11 is 0. The second kappa shape index (κ2) is 30.6. The van der Waals surface area contributed by atoms with Gasteiger partial charge in [-0.25, -0.2) is 24.4 Å². The minimum atomic E-state index is -1.86. The lowest BCUT2D eigenvalue weighted by Crippen LogP contribution is -2.63. The topological polar surface area (TPSA) is 380 Å². The van der Waals surface area contributed by atoms with Gasteiger partial charge in [-0.05, 0) is 174 Å². The van der Waals surface area contributed by atoms with Crippen LogP contribution >= 0.6 is 0 Å². The van der Waals surface area contributed by atoms with Gasteiger partial charge in [0.05, 0.1) is 97.5 Å². The van der Waals surface area contributed by atoms with E-state index < -0.39 is 90.0 Å². The number of benzene rings is 4. The second-order valence-electron chi connectivity index (χ2n) is 31.7. The molecule has 11 aliphatic rings. The van der Waals surface area contributed by atoms with Gasteiger partial charge >= 0.3 is 24.0 Å². The molecule has 10 aliphatic heterocycles. The SMILES string of the molecule is CC[C@@]1(O)C(=O)OCc2c1cc1n(c2=O)Cc2cc3c(CN(C)C)c(O)ccc3nc2-1.CCc1c2c(nc3ccc(OC(=O)N4CCC(N5CCCCC5)CC4)cc13)-c1cc3c(c(=O)n1C2)COC(=O)[C@]3(O)CC.COc1cc([C@@H]2c3cc4c(cc3[C@@H](O[C@@H]3O[C@@H]5CO[C@@H](C)O[C@H]5[C@H](O)[C@H]3O)[C@H]3COC(=O)[C@H]23)OCO4)cc(OC)c1O. The van der Waals surface area contributed by atoms with Crippen molar-refractivity contribution < 1.29 is 107 Å². The number of fused-ring (bicyclic) bond motifs is 14. The van der Waals surface area contributed by atoms with Crippen molar-refractivity contribution in [1.29, 1.82) is 0 Å². The number of pyridine rings is 4. The van der Waals surface area contributed by atoms with E-state index in [2.05, 4.69) is 11.8 Å². The molecule has 0 saturated carbocycles. The molecule has 14 heterocycles. The number of carbonyl (C=O) groups is 4. The maximum atomic E-state index is 13.6. The number of aliphatic hydroxyl groups is 4. The first-order chi connectivity index (χ1) is 55.8. The number of hydrogen-bond acceptors (Lipinski definition) is 28. The number of cyclic esters (lactones) is 3. The molecule has 5 saturated heterocycles. The van der Waals surface area contributed by atoms with E-state index in [0.29, 0.717) is 130 Å². The third-order valence-corrected chi connectivity index (χ3v) is 25.0. The zero-order chi connectivity index (χ0) is 81.2. The van der Waals surface area contributed by atoms with Crippen LogP contribution in [0, 0.1) is 11.8 Å². The number of carbonyl (C=O) groups excluding carboxylic acids is 4. The number of aryl methyl sites for hydroxylation is 1. The average molecular weight is 1600 g/mol. The standard InChI is InChI=1S/C33H38N4O6.C29H32O13.C23H23N3O5/c1-3-22-23-16-21(43-32(40)36-14-10-20(11-15-36)35-12-6-5-7-13-35)8-9-27(23)34-29-24(22)18-37-28(29)17-26-25(30(37)38)19-42-31(39)33(26,41)4-2;1-11-36-9-20-27(40-11)24(31)25(32)29(41-20)42-26-14-7-17-16(38-10-39-17)6-13(14)21(22-15(26)8-37-28(22)33)12-4-18(34-2)23(30)19(5-12)35-3;1-4-23(30)16-8-18-20-12(9-26(18)21(28)15(16)11-31-22(23)29)7-13-14(10-25(2)3)19(27)6-5-17(13)24-20/h8-9,16-17,20,41H,3-7,10-15,18-19H2,1-2H3;4-7,11,15,20-22,24-27,29-32H,8-10H2,1-3H3;5-8,27,30H,4,9-11H2,1-3H3/t33-;11-,15+,20-,21-,22+,24-,25-,26-,27-,29+;23-/m010/s1. The third kappa shape index (κ3) is 13.2. The smallest absolute Gasteiger partial charge is 0.415 e. The summed E-state index contributed by atoms with van der Waals surface area (Å²) in [6, 6.07) is 21.7. The minimum Gasteiger partial charge on any atom is -0.508 e. The van der Waals surface area contributed by atoms with E-state index in [1.807, 2.05) is 42.1 Å². The number of amides is 1. The number of aromatic hydroxyl groups is 2. The molecule has 0 radical (unpaired) electrons. The molecule has 31 nitrogen and oxygen atoms in total. The zero-order valence-electron chi connectivity index (χ0n) is 65.6. The number of ether oxygens (including phenoxy) is 12. The van der Waals surface area contributed by atoms with Crippen LogP contribution in [-0.4, -0.2) is 206 Å². The van der Waals surface area contributed by atoms with Crippen LogP contribution in [0.15, 0.2) is 82.4 Å². The number of methoxy groups -OCH3 is 2. The Morgan fingerprint density at radius 3 is 1.91 bits per heavy atom. The van der Waals surface area contributed by atoms with Crippen molar-refractivity contribution in [3.8, 4) is 63.0 Å². The summed E-state index contributed by atoms with van der Waals surface area (Å²) in [5.74, 6) is -1.82. The van der Waals surface area contributed by atoms with Gasteiger partial charge in [0.25, 0.3) is 11.1 Å². The molecule has 19 rings (SSSR count). The third-order valence-electron chi connectivity index (χ3n) is 25.0. The predicted octanol–water partition coefficient (Wildman–Crippen LogP) is 7.28. The van der Waals surface area contributed by atoms with Crippen molar-refractivity contribution in [1.82, 2.24) is 33.8 Å². The molecule has 31 heteroatoms. The van der Waals surface area contributed by atoms with E-state index in [0.717, 1.165) is 51.4 Å². The summed E-state index contributed by atoms with van der Waals surface area (Å²) in [5, 5.41) is 66.7. The highest BCUT2D eigenvalue weighted by atomic mass is 16.8. The Hall–Kier alpha value is -10.3. The van der Waals surface area contributed by atoms with Gasteiger partial charge in [0, 0.05) is 76.1 Å². The van der Waals surface area contributed by atoms with Gasteiger partial charge in [0.1, 0.15) is 49.1 Å². The molecular weight excluding hydrogens is 1500 g/mol. The maximum absolute atomic E-state index is 13.6. The van der Waals surface area contributed by atoms with Crippen molar-refractivity contribution in [3.05, 3.63) is 155 Å². The summed E-state index contributed by atoms with van der Waals surface area (Å²) in [5.41, 5.74) is 6.43. The Bertz CT molecular complexity index is 5410. The fourth-order valence-electron chi connectivity index (χ4n) is 18.8. The van der Waals surface area contributed by atoms with Gasteiger partial charge < -0.3 is 111 Å². The monoisotopic (exact) mass is 1600 g/mol. The fourth-order valence-corrected chi connectivity index (χ4v) is 18.8. The van der Waals surface area contributed by atoms with Crippen molar-refractivity contribution in [2.75, 3.05) is 74.5 Å². The molecule has 612 valence electrons. The molecular formula is C85H93N7O24. The lowest BCUT2D eigenvalue weighted by atomic mass is 9.66. The number of phenolic OH excluding ortho intramolecular Hbond substituents is 2. The van der Waals surface area contributed by atoms with Crippen LogP contribution in [0.3, 0.4) is 0 Å². The van der Waals surface area contributed by atoms with Crippen LogP contribution in [0.25, 0.3) is 44.6 Å². The fraction of sp³-hybridized carbons (Fsp3) is 0.482. The number of rotatable bonds is 12. The number of phenols is 2. The molecule has 4 aromatic carbocycles.